The fourth-order valence-corrected chi connectivity index (χ4v) is 2.73. The van der Waals surface area contributed by atoms with Crippen LogP contribution in [0.4, 0.5) is 0 Å². The average Bonchev–Trinajstić information content (AvgIpc) is 2.92. The molecule has 0 bridgehead atoms. The summed E-state index contributed by atoms with van der Waals surface area (Å²) in [6, 6.07) is 8.50. The second-order valence-corrected chi connectivity index (χ2v) is 5.14. The zero-order valence-electron chi connectivity index (χ0n) is 10.6. The summed E-state index contributed by atoms with van der Waals surface area (Å²) in [5, 5.41) is 4.28. The standard InChI is InChI=1S/C14H19N3S/c1-17(8-5-13-4-2-3-7-16-13)14(10-15)12-6-9-18-11-12/h2-4,6-7,9,11,14H,5,8,10,15H2,1H3. The van der Waals surface area contributed by atoms with Crippen LogP contribution in [0.25, 0.3) is 0 Å². The van der Waals surface area contributed by atoms with Gasteiger partial charge in [0.25, 0.3) is 0 Å². The fourth-order valence-electron chi connectivity index (χ4n) is 2.03. The van der Waals surface area contributed by atoms with E-state index in [9.17, 15) is 0 Å². The zero-order valence-corrected chi connectivity index (χ0v) is 11.4. The van der Waals surface area contributed by atoms with Gasteiger partial charge in [0.1, 0.15) is 0 Å². The topological polar surface area (TPSA) is 42.2 Å². The van der Waals surface area contributed by atoms with E-state index in [2.05, 4.69) is 39.8 Å². The van der Waals surface area contributed by atoms with Gasteiger partial charge in [-0.2, -0.15) is 11.3 Å². The van der Waals surface area contributed by atoms with Gasteiger partial charge in [-0.15, -0.1) is 0 Å². The molecule has 0 aliphatic heterocycles. The highest BCUT2D eigenvalue weighted by atomic mass is 32.1. The third kappa shape index (κ3) is 3.38. The number of nitrogens with two attached hydrogens (primary N) is 1. The van der Waals surface area contributed by atoms with Crippen LogP contribution in [0.2, 0.25) is 0 Å². The summed E-state index contributed by atoms with van der Waals surface area (Å²) in [6.07, 6.45) is 2.80. The van der Waals surface area contributed by atoms with Crippen LogP contribution < -0.4 is 5.73 Å². The lowest BCUT2D eigenvalue weighted by atomic mass is 10.1. The van der Waals surface area contributed by atoms with Crippen LogP contribution in [0.5, 0.6) is 0 Å². The summed E-state index contributed by atoms with van der Waals surface area (Å²) in [4.78, 5) is 6.65. The zero-order chi connectivity index (χ0) is 12.8. The van der Waals surface area contributed by atoms with E-state index >= 15 is 0 Å². The Bertz CT molecular complexity index is 441. The van der Waals surface area contributed by atoms with Crippen molar-refractivity contribution in [3.05, 3.63) is 52.5 Å². The van der Waals surface area contributed by atoms with E-state index in [0.29, 0.717) is 12.6 Å². The van der Waals surface area contributed by atoms with Crippen LogP contribution in [-0.2, 0) is 6.42 Å². The van der Waals surface area contributed by atoms with Crippen molar-refractivity contribution >= 4 is 11.3 Å². The Kier molecular flexibility index (Phi) is 4.87. The van der Waals surface area contributed by atoms with Gasteiger partial charge in [0.15, 0.2) is 0 Å². The summed E-state index contributed by atoms with van der Waals surface area (Å²) in [5.74, 6) is 0. The lowest BCUT2D eigenvalue weighted by molar-refractivity contribution is 0.253. The number of hydrogen-bond acceptors (Lipinski definition) is 4. The van der Waals surface area contributed by atoms with Gasteiger partial charge in [0.05, 0.1) is 0 Å². The Morgan fingerprint density at radius 1 is 1.39 bits per heavy atom. The van der Waals surface area contributed by atoms with Crippen molar-refractivity contribution in [2.24, 2.45) is 5.73 Å². The van der Waals surface area contributed by atoms with E-state index in [1.54, 1.807) is 11.3 Å². The Labute approximate surface area is 112 Å². The van der Waals surface area contributed by atoms with Crippen LogP contribution in [0.3, 0.4) is 0 Å². The van der Waals surface area contributed by atoms with Gasteiger partial charge in [-0.1, -0.05) is 6.07 Å². The molecule has 0 aliphatic rings. The first-order valence-electron chi connectivity index (χ1n) is 6.13. The number of aromatic nitrogens is 1. The highest BCUT2D eigenvalue weighted by Gasteiger charge is 2.15. The van der Waals surface area contributed by atoms with Crippen molar-refractivity contribution in [2.75, 3.05) is 20.1 Å². The van der Waals surface area contributed by atoms with Gasteiger partial charge < -0.3 is 5.73 Å². The molecular formula is C14H19N3S. The first kappa shape index (κ1) is 13.2. The SMILES string of the molecule is CN(CCc1ccccn1)C(CN)c1ccsc1. The molecule has 96 valence electrons. The van der Waals surface area contributed by atoms with Gasteiger partial charge in [-0.05, 0) is 41.6 Å². The lowest BCUT2D eigenvalue weighted by Crippen LogP contribution is -2.31. The smallest absolute Gasteiger partial charge is 0.0475 e. The molecule has 0 aromatic carbocycles. The normalized spacial score (nSPS) is 12.8. The molecule has 1 unspecified atom stereocenters. The third-order valence-electron chi connectivity index (χ3n) is 3.13. The van der Waals surface area contributed by atoms with Crippen molar-refractivity contribution in [1.82, 2.24) is 9.88 Å². The van der Waals surface area contributed by atoms with Crippen molar-refractivity contribution in [2.45, 2.75) is 12.5 Å². The molecule has 0 amide bonds. The van der Waals surface area contributed by atoms with Crippen LogP contribution in [0.15, 0.2) is 41.2 Å². The van der Waals surface area contributed by atoms with Crippen LogP contribution >= 0.6 is 11.3 Å². The number of pyridine rings is 1. The third-order valence-corrected chi connectivity index (χ3v) is 3.83. The minimum Gasteiger partial charge on any atom is -0.329 e. The first-order chi connectivity index (χ1) is 8.81. The Balaban J connectivity index is 1.92. The van der Waals surface area contributed by atoms with Crippen LogP contribution in [0, 0.1) is 0 Å². The number of likely N-dealkylation sites (N-methyl/N-ethyl adjacent to an activating group) is 1. The molecule has 0 radical (unpaired) electrons. The van der Waals surface area contributed by atoms with Gasteiger partial charge >= 0.3 is 0 Å². The number of hydrogen-bond donors (Lipinski definition) is 1. The molecule has 0 saturated heterocycles. The van der Waals surface area contributed by atoms with Gasteiger partial charge in [0, 0.05) is 37.4 Å². The summed E-state index contributed by atoms with van der Waals surface area (Å²) in [6.45, 7) is 1.62. The number of rotatable bonds is 6. The second kappa shape index (κ2) is 6.64. The molecule has 2 aromatic heterocycles. The minimum atomic E-state index is 0.306. The van der Waals surface area contributed by atoms with E-state index < -0.39 is 0 Å². The molecule has 1 atom stereocenters. The van der Waals surface area contributed by atoms with Crippen molar-refractivity contribution < 1.29 is 0 Å². The van der Waals surface area contributed by atoms with Gasteiger partial charge in [0.2, 0.25) is 0 Å². The van der Waals surface area contributed by atoms with Crippen LogP contribution in [-0.4, -0.2) is 30.0 Å². The summed E-state index contributed by atoms with van der Waals surface area (Å²) >= 11 is 1.72. The predicted octanol–water partition coefficient (Wildman–Crippen LogP) is 2.32. The minimum absolute atomic E-state index is 0.306. The molecule has 2 aromatic rings. The molecular weight excluding hydrogens is 242 g/mol. The Morgan fingerprint density at radius 2 is 2.28 bits per heavy atom. The van der Waals surface area contributed by atoms with E-state index in [1.807, 2.05) is 18.3 Å². The maximum atomic E-state index is 5.88. The van der Waals surface area contributed by atoms with E-state index in [4.69, 9.17) is 5.73 Å². The molecule has 2 heterocycles. The average molecular weight is 261 g/mol. The highest BCUT2D eigenvalue weighted by Crippen LogP contribution is 2.20. The Hall–Kier alpha value is -1.23. The van der Waals surface area contributed by atoms with Crippen molar-refractivity contribution in [3.63, 3.8) is 0 Å². The van der Waals surface area contributed by atoms with Gasteiger partial charge in [-0.25, -0.2) is 0 Å². The van der Waals surface area contributed by atoms with Crippen LogP contribution in [0.1, 0.15) is 17.3 Å². The van der Waals surface area contributed by atoms with E-state index in [0.717, 1.165) is 18.7 Å². The Morgan fingerprint density at radius 3 is 2.89 bits per heavy atom. The highest BCUT2D eigenvalue weighted by molar-refractivity contribution is 7.07. The monoisotopic (exact) mass is 261 g/mol. The van der Waals surface area contributed by atoms with E-state index in [-0.39, 0.29) is 0 Å². The molecule has 3 nitrogen and oxygen atoms in total. The fraction of sp³-hybridized carbons (Fsp3) is 0.357. The first-order valence-corrected chi connectivity index (χ1v) is 7.08. The van der Waals surface area contributed by atoms with E-state index in [1.165, 1.54) is 5.56 Å². The molecule has 0 saturated carbocycles. The second-order valence-electron chi connectivity index (χ2n) is 4.36. The molecule has 0 spiro atoms. The predicted molar refractivity (Wildman–Crippen MR) is 76.7 cm³/mol. The summed E-state index contributed by atoms with van der Waals surface area (Å²) in [5.41, 5.74) is 8.32. The molecule has 0 aliphatic carbocycles. The molecule has 2 rings (SSSR count). The number of thiophene rings is 1. The van der Waals surface area contributed by atoms with Crippen molar-refractivity contribution in [3.8, 4) is 0 Å². The molecule has 4 heteroatoms. The lowest BCUT2D eigenvalue weighted by Gasteiger charge is -2.26. The summed E-state index contributed by atoms with van der Waals surface area (Å²) < 4.78 is 0. The molecule has 0 fully saturated rings. The van der Waals surface area contributed by atoms with Crippen molar-refractivity contribution in [1.29, 1.82) is 0 Å². The molecule has 18 heavy (non-hydrogen) atoms. The maximum absolute atomic E-state index is 5.88. The van der Waals surface area contributed by atoms with Gasteiger partial charge in [-0.3, -0.25) is 9.88 Å². The maximum Gasteiger partial charge on any atom is 0.0475 e. The molecule has 2 N–H and O–H groups in total. The quantitative estimate of drug-likeness (QED) is 0.867. The summed E-state index contributed by atoms with van der Waals surface area (Å²) in [7, 11) is 2.12. The number of nitrogens with zero attached hydrogens (tertiary/aromatic N) is 2. The largest absolute Gasteiger partial charge is 0.329 e.